The first-order chi connectivity index (χ1) is 12.6. The van der Waals surface area contributed by atoms with Gasteiger partial charge in [0.2, 0.25) is 0 Å². The highest BCUT2D eigenvalue weighted by Gasteiger charge is 2.05. The van der Waals surface area contributed by atoms with Crippen molar-refractivity contribution in [2.45, 2.75) is 12.8 Å². The molecule has 2 N–H and O–H groups in total. The van der Waals surface area contributed by atoms with E-state index in [-0.39, 0.29) is 5.91 Å². The van der Waals surface area contributed by atoms with Gasteiger partial charge in [0.1, 0.15) is 5.82 Å². The second-order valence-electron chi connectivity index (χ2n) is 5.92. The molecule has 134 valence electrons. The topological polar surface area (TPSA) is 54.0 Å². The lowest BCUT2D eigenvalue weighted by atomic mass is 10.2. The van der Waals surface area contributed by atoms with Gasteiger partial charge in [-0.15, -0.1) is 0 Å². The fourth-order valence-corrected chi connectivity index (χ4v) is 2.85. The number of carbonyl (C=O) groups excluding carboxylic acids is 1. The first-order valence-electron chi connectivity index (χ1n) is 8.45. The Bertz CT molecular complexity index is 916. The van der Waals surface area contributed by atoms with Crippen LogP contribution in [0.5, 0.6) is 0 Å². The number of unbranched alkanes of at least 4 members (excludes halogenated alkanes) is 1. The molecule has 0 fully saturated rings. The van der Waals surface area contributed by atoms with Crippen molar-refractivity contribution in [2.24, 2.45) is 0 Å². The smallest absolute Gasteiger partial charge is 0.251 e. The van der Waals surface area contributed by atoms with Gasteiger partial charge in [0, 0.05) is 40.9 Å². The molecule has 26 heavy (non-hydrogen) atoms. The van der Waals surface area contributed by atoms with Crippen molar-refractivity contribution in [3.05, 3.63) is 71.1 Å². The summed E-state index contributed by atoms with van der Waals surface area (Å²) in [7, 11) is 0. The van der Waals surface area contributed by atoms with E-state index in [0.717, 1.165) is 36.0 Å². The monoisotopic (exact) mass is 371 g/mol. The predicted octanol–water partition coefficient (Wildman–Crippen LogP) is 4.65. The maximum absolute atomic E-state index is 13.1. The molecule has 0 saturated heterocycles. The van der Waals surface area contributed by atoms with Crippen molar-refractivity contribution in [1.82, 2.24) is 10.3 Å². The molecule has 0 bridgehead atoms. The number of fused-ring (bicyclic) bond motifs is 1. The normalized spacial score (nSPS) is 10.7. The summed E-state index contributed by atoms with van der Waals surface area (Å²) in [5.41, 5.74) is 2.20. The number of aromatic nitrogens is 1. The summed E-state index contributed by atoms with van der Waals surface area (Å²) in [4.78, 5) is 16.2. The van der Waals surface area contributed by atoms with Crippen molar-refractivity contribution in [3.63, 3.8) is 0 Å². The third kappa shape index (κ3) is 4.70. The number of nitrogens with one attached hydrogen (secondary N) is 2. The van der Waals surface area contributed by atoms with Crippen LogP contribution in [0, 0.1) is 5.82 Å². The van der Waals surface area contributed by atoms with E-state index in [2.05, 4.69) is 15.6 Å². The number of carbonyl (C=O) groups is 1. The van der Waals surface area contributed by atoms with E-state index in [4.69, 9.17) is 11.6 Å². The molecule has 0 aliphatic carbocycles. The van der Waals surface area contributed by atoms with Gasteiger partial charge in [-0.2, -0.15) is 0 Å². The molecule has 0 unspecified atom stereocenters. The summed E-state index contributed by atoms with van der Waals surface area (Å²) in [6.07, 6.45) is 3.46. The van der Waals surface area contributed by atoms with Gasteiger partial charge < -0.3 is 10.6 Å². The van der Waals surface area contributed by atoms with Crippen LogP contribution in [0.1, 0.15) is 23.2 Å². The van der Waals surface area contributed by atoms with Crippen molar-refractivity contribution in [1.29, 1.82) is 0 Å². The maximum atomic E-state index is 13.1. The standard InChI is InChI=1S/C20H19ClFN3O/c21-15-6-7-17-18(8-11-24-19(17)13-15)23-9-1-2-10-25-20(26)14-4-3-5-16(22)12-14/h3-8,11-13H,1-2,9-10H2,(H,23,24)(H,25,26). The number of hydrogen-bond acceptors (Lipinski definition) is 3. The van der Waals surface area contributed by atoms with Crippen LogP contribution in [0.4, 0.5) is 10.1 Å². The van der Waals surface area contributed by atoms with Gasteiger partial charge in [-0.3, -0.25) is 9.78 Å². The van der Waals surface area contributed by atoms with E-state index >= 15 is 0 Å². The third-order valence-electron chi connectivity index (χ3n) is 4.00. The lowest BCUT2D eigenvalue weighted by Crippen LogP contribution is -2.24. The Morgan fingerprint density at radius 1 is 1.08 bits per heavy atom. The quantitative estimate of drug-likeness (QED) is 0.594. The Morgan fingerprint density at radius 3 is 2.77 bits per heavy atom. The van der Waals surface area contributed by atoms with Crippen LogP contribution in [0.15, 0.2) is 54.7 Å². The number of anilines is 1. The fourth-order valence-electron chi connectivity index (χ4n) is 2.68. The van der Waals surface area contributed by atoms with Crippen LogP contribution in [-0.4, -0.2) is 24.0 Å². The van der Waals surface area contributed by atoms with Gasteiger partial charge in [0.25, 0.3) is 5.91 Å². The van der Waals surface area contributed by atoms with Crippen LogP contribution < -0.4 is 10.6 Å². The molecule has 6 heteroatoms. The molecule has 0 aliphatic heterocycles. The molecule has 0 radical (unpaired) electrons. The highest BCUT2D eigenvalue weighted by molar-refractivity contribution is 6.31. The second-order valence-corrected chi connectivity index (χ2v) is 6.36. The highest BCUT2D eigenvalue weighted by atomic mass is 35.5. The number of rotatable bonds is 7. The molecule has 0 saturated carbocycles. The van der Waals surface area contributed by atoms with Crippen LogP contribution >= 0.6 is 11.6 Å². The van der Waals surface area contributed by atoms with Gasteiger partial charge in [0.05, 0.1) is 5.52 Å². The van der Waals surface area contributed by atoms with E-state index in [1.54, 1.807) is 12.3 Å². The molecule has 0 atom stereocenters. The minimum absolute atomic E-state index is 0.255. The first-order valence-corrected chi connectivity index (χ1v) is 8.83. The average Bonchev–Trinajstić information content (AvgIpc) is 2.64. The average molecular weight is 372 g/mol. The Balaban J connectivity index is 1.43. The van der Waals surface area contributed by atoms with Crippen LogP contribution in [-0.2, 0) is 0 Å². The zero-order valence-corrected chi connectivity index (χ0v) is 14.9. The Kier molecular flexibility index (Phi) is 6.02. The van der Waals surface area contributed by atoms with Crippen LogP contribution in [0.3, 0.4) is 0 Å². The maximum Gasteiger partial charge on any atom is 0.251 e. The molecular formula is C20H19ClFN3O. The number of nitrogens with zero attached hydrogens (tertiary/aromatic N) is 1. The van der Waals surface area contributed by atoms with Gasteiger partial charge in [-0.05, 0) is 55.3 Å². The van der Waals surface area contributed by atoms with Gasteiger partial charge >= 0.3 is 0 Å². The molecule has 2 aromatic carbocycles. The zero-order valence-electron chi connectivity index (χ0n) is 14.1. The molecule has 3 rings (SSSR count). The Morgan fingerprint density at radius 2 is 1.92 bits per heavy atom. The second kappa shape index (κ2) is 8.63. The number of benzene rings is 2. The van der Waals surface area contributed by atoms with Crippen molar-refractivity contribution in [3.8, 4) is 0 Å². The zero-order chi connectivity index (χ0) is 18.4. The molecular weight excluding hydrogens is 353 g/mol. The van der Waals surface area contributed by atoms with Gasteiger partial charge in [0.15, 0.2) is 0 Å². The summed E-state index contributed by atoms with van der Waals surface area (Å²) < 4.78 is 13.1. The van der Waals surface area contributed by atoms with Crippen molar-refractivity contribution >= 4 is 34.1 Å². The Labute approximate surface area is 156 Å². The van der Waals surface area contributed by atoms with E-state index in [9.17, 15) is 9.18 Å². The van der Waals surface area contributed by atoms with E-state index in [1.165, 1.54) is 18.2 Å². The Hall–Kier alpha value is -2.66. The lowest BCUT2D eigenvalue weighted by Gasteiger charge is -2.10. The molecule has 1 heterocycles. The summed E-state index contributed by atoms with van der Waals surface area (Å²) in [5, 5.41) is 7.88. The summed E-state index contributed by atoms with van der Waals surface area (Å²) >= 11 is 6.00. The summed E-state index contributed by atoms with van der Waals surface area (Å²) in [6, 6.07) is 13.2. The van der Waals surface area contributed by atoms with Gasteiger partial charge in [-0.1, -0.05) is 17.7 Å². The van der Waals surface area contributed by atoms with E-state index in [0.29, 0.717) is 17.1 Å². The minimum atomic E-state index is -0.410. The molecule has 0 aliphatic rings. The van der Waals surface area contributed by atoms with Crippen LogP contribution in [0.2, 0.25) is 5.02 Å². The van der Waals surface area contributed by atoms with E-state index in [1.807, 2.05) is 24.3 Å². The first kappa shape index (κ1) is 18.1. The molecule has 1 amide bonds. The number of hydrogen-bond donors (Lipinski definition) is 2. The molecule has 0 spiro atoms. The van der Waals surface area contributed by atoms with E-state index < -0.39 is 5.82 Å². The molecule has 1 aromatic heterocycles. The third-order valence-corrected chi connectivity index (χ3v) is 4.23. The SMILES string of the molecule is O=C(NCCCCNc1ccnc2cc(Cl)ccc12)c1cccc(F)c1. The number of pyridine rings is 1. The highest BCUT2D eigenvalue weighted by Crippen LogP contribution is 2.24. The molecule has 4 nitrogen and oxygen atoms in total. The van der Waals surface area contributed by atoms with Gasteiger partial charge in [-0.25, -0.2) is 4.39 Å². The predicted molar refractivity (Wildman–Crippen MR) is 103 cm³/mol. The van der Waals surface area contributed by atoms with Crippen LogP contribution in [0.25, 0.3) is 10.9 Å². The number of amides is 1. The summed E-state index contributed by atoms with van der Waals surface area (Å²) in [6.45, 7) is 1.32. The molecule has 3 aromatic rings. The largest absolute Gasteiger partial charge is 0.384 e. The minimum Gasteiger partial charge on any atom is -0.384 e. The fraction of sp³-hybridized carbons (Fsp3) is 0.200. The number of halogens is 2. The lowest BCUT2D eigenvalue weighted by molar-refractivity contribution is 0.0952. The summed E-state index contributed by atoms with van der Waals surface area (Å²) in [5.74, 6) is -0.665. The van der Waals surface area contributed by atoms with Crippen molar-refractivity contribution < 1.29 is 9.18 Å². The van der Waals surface area contributed by atoms with Crippen molar-refractivity contribution in [2.75, 3.05) is 18.4 Å².